The third-order valence-corrected chi connectivity index (χ3v) is 7.58. The molecule has 7 nitrogen and oxygen atoms in total. The van der Waals surface area contributed by atoms with Crippen LogP contribution in [-0.2, 0) is 0 Å². The van der Waals surface area contributed by atoms with E-state index in [9.17, 15) is 4.79 Å². The van der Waals surface area contributed by atoms with Crippen molar-refractivity contribution in [2.75, 3.05) is 46.4 Å². The molecular formula is C29H38N4O3. The van der Waals surface area contributed by atoms with Gasteiger partial charge in [0.1, 0.15) is 5.75 Å². The number of carbonyl (C=O) groups excluding carboxylic acids is 1. The maximum absolute atomic E-state index is 12.6. The number of H-pyrrole nitrogens is 1. The first kappa shape index (κ1) is 24.7. The number of benzene rings is 2. The van der Waals surface area contributed by atoms with Crippen molar-refractivity contribution in [2.45, 2.75) is 44.6 Å². The Morgan fingerprint density at radius 2 is 1.64 bits per heavy atom. The lowest BCUT2D eigenvalue weighted by molar-refractivity contribution is 0.157. The summed E-state index contributed by atoms with van der Waals surface area (Å²) in [5, 5.41) is 4.09. The number of hydrogen-bond donors (Lipinski definition) is 2. The molecule has 0 radical (unpaired) electrons. The highest BCUT2D eigenvalue weighted by atomic mass is 16.6. The quantitative estimate of drug-likeness (QED) is 0.472. The van der Waals surface area contributed by atoms with Gasteiger partial charge in [0.2, 0.25) is 5.88 Å². The molecule has 1 aromatic heterocycles. The average Bonchev–Trinajstić information content (AvgIpc) is 3.13. The van der Waals surface area contributed by atoms with Crippen LogP contribution in [-0.4, -0.2) is 73.3 Å². The van der Waals surface area contributed by atoms with Crippen molar-refractivity contribution < 1.29 is 14.3 Å². The first-order valence-electron chi connectivity index (χ1n) is 13.4. The fourth-order valence-corrected chi connectivity index (χ4v) is 5.45. The van der Waals surface area contributed by atoms with E-state index >= 15 is 0 Å². The van der Waals surface area contributed by atoms with Gasteiger partial charge in [0, 0.05) is 49.2 Å². The molecule has 2 saturated heterocycles. The number of hydrogen-bond acceptors (Lipinski definition) is 5. The van der Waals surface area contributed by atoms with Crippen LogP contribution in [0.5, 0.6) is 11.6 Å². The van der Waals surface area contributed by atoms with Gasteiger partial charge in [-0.1, -0.05) is 37.1 Å². The number of aromatic amines is 1. The first-order valence-corrected chi connectivity index (χ1v) is 13.4. The number of fused-ring (bicyclic) bond motifs is 1. The molecule has 2 aromatic carbocycles. The second kappa shape index (κ2) is 11.8. The number of methoxy groups -OCH3 is 1. The maximum atomic E-state index is 12.6. The Morgan fingerprint density at radius 1 is 0.944 bits per heavy atom. The monoisotopic (exact) mass is 490 g/mol. The predicted octanol–water partition coefficient (Wildman–Crippen LogP) is 5.27. The van der Waals surface area contributed by atoms with Crippen LogP contribution >= 0.6 is 0 Å². The summed E-state index contributed by atoms with van der Waals surface area (Å²) in [7, 11) is 1.66. The second-order valence-corrected chi connectivity index (χ2v) is 10.0. The van der Waals surface area contributed by atoms with Crippen molar-refractivity contribution >= 4 is 17.0 Å². The van der Waals surface area contributed by atoms with E-state index in [4.69, 9.17) is 9.47 Å². The summed E-state index contributed by atoms with van der Waals surface area (Å²) in [5.74, 6) is 1.28. The molecule has 7 heteroatoms. The van der Waals surface area contributed by atoms with Gasteiger partial charge in [-0.3, -0.25) is 0 Å². The Hall–Kier alpha value is -3.03. The zero-order valence-electron chi connectivity index (χ0n) is 21.3. The van der Waals surface area contributed by atoms with E-state index in [2.05, 4.69) is 26.2 Å². The number of ether oxygens (including phenoxy) is 2. The van der Waals surface area contributed by atoms with Gasteiger partial charge >= 0.3 is 6.09 Å². The highest BCUT2D eigenvalue weighted by Gasteiger charge is 2.22. The van der Waals surface area contributed by atoms with Crippen molar-refractivity contribution in [3.63, 3.8) is 0 Å². The van der Waals surface area contributed by atoms with Gasteiger partial charge < -0.3 is 29.6 Å². The second-order valence-electron chi connectivity index (χ2n) is 10.0. The number of nitrogens with zero attached hydrogens (tertiary/aromatic N) is 2. The van der Waals surface area contributed by atoms with Gasteiger partial charge in [0.15, 0.2) is 0 Å². The molecule has 5 rings (SSSR count). The van der Waals surface area contributed by atoms with Crippen molar-refractivity contribution in [3.8, 4) is 22.8 Å². The van der Waals surface area contributed by atoms with Crippen molar-refractivity contribution in [3.05, 3.63) is 48.5 Å². The molecule has 0 atom stereocenters. The fraction of sp³-hybridized carbons (Fsp3) is 0.483. The summed E-state index contributed by atoms with van der Waals surface area (Å²) >= 11 is 0. The van der Waals surface area contributed by atoms with E-state index in [-0.39, 0.29) is 6.04 Å². The van der Waals surface area contributed by atoms with Gasteiger partial charge in [-0.2, -0.15) is 0 Å². The minimum absolute atomic E-state index is 0.158. The maximum Gasteiger partial charge on any atom is 0.414 e. The number of nitrogens with one attached hydrogen (secondary N) is 2. The Bertz CT molecular complexity index is 1130. The Kier molecular flexibility index (Phi) is 8.08. The van der Waals surface area contributed by atoms with Crippen molar-refractivity contribution in [1.29, 1.82) is 0 Å². The molecule has 1 amide bonds. The summed E-state index contributed by atoms with van der Waals surface area (Å²) in [6, 6.07) is 16.1. The van der Waals surface area contributed by atoms with Crippen LogP contribution in [0.25, 0.3) is 22.0 Å². The van der Waals surface area contributed by atoms with Gasteiger partial charge in [0.05, 0.1) is 7.11 Å². The molecule has 192 valence electrons. The summed E-state index contributed by atoms with van der Waals surface area (Å²) in [6.07, 6.45) is 6.97. The molecule has 2 aliphatic heterocycles. The van der Waals surface area contributed by atoms with Crippen LogP contribution in [0.4, 0.5) is 4.79 Å². The van der Waals surface area contributed by atoms with E-state index in [1.807, 2.05) is 42.5 Å². The zero-order chi connectivity index (χ0) is 24.7. The molecule has 3 heterocycles. The lowest BCUT2D eigenvalue weighted by Gasteiger charge is -2.33. The summed E-state index contributed by atoms with van der Waals surface area (Å²) in [6.45, 7) is 6.84. The van der Waals surface area contributed by atoms with Gasteiger partial charge in [-0.25, -0.2) is 4.79 Å². The summed E-state index contributed by atoms with van der Waals surface area (Å²) < 4.78 is 10.9. The van der Waals surface area contributed by atoms with Crippen LogP contribution in [0.15, 0.2) is 48.5 Å². The third-order valence-electron chi connectivity index (χ3n) is 7.58. The standard InChI is InChI=1S/C29H38N4O3/c1-35-24-11-9-22(10-12-24)25-7-6-8-27-26(25)21-28(31-27)36-29(34)30-23-13-17-33(18-14-23)20-19-32-15-4-2-3-5-16-32/h6-12,21,23,31H,2-5,13-20H2,1H3,(H,30,34). The molecule has 0 spiro atoms. The first-order chi connectivity index (χ1) is 17.7. The van der Waals surface area contributed by atoms with Gasteiger partial charge in [-0.05, 0) is 68.1 Å². The molecule has 2 N–H and O–H groups in total. The smallest absolute Gasteiger partial charge is 0.414 e. The highest BCUT2D eigenvalue weighted by Crippen LogP contribution is 2.32. The van der Waals surface area contributed by atoms with Crippen LogP contribution in [0.2, 0.25) is 0 Å². The molecule has 36 heavy (non-hydrogen) atoms. The van der Waals surface area contributed by atoms with Crippen LogP contribution in [0, 0.1) is 0 Å². The summed E-state index contributed by atoms with van der Waals surface area (Å²) in [5.41, 5.74) is 3.09. The third kappa shape index (κ3) is 6.20. The molecular weight excluding hydrogens is 452 g/mol. The van der Waals surface area contributed by atoms with E-state index in [1.54, 1.807) is 7.11 Å². The molecule has 3 aromatic rings. The number of carbonyl (C=O) groups is 1. The number of aromatic nitrogens is 1. The molecule has 2 aliphatic rings. The van der Waals surface area contributed by atoms with E-state index in [0.29, 0.717) is 5.88 Å². The molecule has 0 aliphatic carbocycles. The fourth-order valence-electron chi connectivity index (χ4n) is 5.45. The molecule has 0 saturated carbocycles. The lowest BCUT2D eigenvalue weighted by atomic mass is 10.0. The largest absolute Gasteiger partial charge is 0.497 e. The predicted molar refractivity (Wildman–Crippen MR) is 144 cm³/mol. The molecule has 2 fully saturated rings. The van der Waals surface area contributed by atoms with E-state index in [0.717, 1.165) is 60.3 Å². The zero-order valence-corrected chi connectivity index (χ0v) is 21.3. The van der Waals surface area contributed by atoms with Gasteiger partial charge in [0.25, 0.3) is 0 Å². The number of amides is 1. The van der Waals surface area contributed by atoms with Crippen LogP contribution < -0.4 is 14.8 Å². The molecule has 0 bridgehead atoms. The van der Waals surface area contributed by atoms with Crippen LogP contribution in [0.1, 0.15) is 38.5 Å². The van der Waals surface area contributed by atoms with Gasteiger partial charge in [-0.15, -0.1) is 0 Å². The van der Waals surface area contributed by atoms with E-state index < -0.39 is 6.09 Å². The van der Waals surface area contributed by atoms with Crippen LogP contribution in [0.3, 0.4) is 0 Å². The SMILES string of the molecule is COc1ccc(-c2cccc3[nH]c(OC(=O)NC4CCN(CCN5CCCCCC5)CC4)cc23)cc1. The number of piperidine rings is 1. The van der Waals surface area contributed by atoms with Crippen molar-refractivity contribution in [2.24, 2.45) is 0 Å². The highest BCUT2D eigenvalue weighted by molar-refractivity contribution is 5.96. The normalized spacial score (nSPS) is 18.1. The number of rotatable bonds is 7. The topological polar surface area (TPSA) is 69.8 Å². The van der Waals surface area contributed by atoms with E-state index in [1.165, 1.54) is 45.3 Å². The molecule has 0 unspecified atom stereocenters. The van der Waals surface area contributed by atoms with Crippen molar-refractivity contribution in [1.82, 2.24) is 20.1 Å². The lowest BCUT2D eigenvalue weighted by Crippen LogP contribution is -2.47. The minimum Gasteiger partial charge on any atom is -0.497 e. The Labute approximate surface area is 213 Å². The Balaban J connectivity index is 1.12. The minimum atomic E-state index is -0.393. The average molecular weight is 491 g/mol. The summed E-state index contributed by atoms with van der Waals surface area (Å²) in [4.78, 5) is 21.0. The number of likely N-dealkylation sites (tertiary alicyclic amines) is 2. The Morgan fingerprint density at radius 3 is 2.33 bits per heavy atom.